The van der Waals surface area contributed by atoms with E-state index in [0.717, 1.165) is 6.42 Å². The molecule has 2 atom stereocenters. The number of aliphatic hydroxyl groups is 1. The van der Waals surface area contributed by atoms with Crippen molar-refractivity contribution in [1.29, 1.82) is 0 Å². The highest BCUT2D eigenvalue weighted by Gasteiger charge is 2.12. The third kappa shape index (κ3) is 5.68. The average molecular weight is 269 g/mol. The molecule has 0 bridgehead atoms. The van der Waals surface area contributed by atoms with Gasteiger partial charge in [0.05, 0.1) is 19.3 Å². The summed E-state index contributed by atoms with van der Waals surface area (Å²) in [5.74, 6) is -0.270. The number of hydrogen-bond acceptors (Lipinski definition) is 3. The van der Waals surface area contributed by atoms with Gasteiger partial charge in [-0.15, -0.1) is 0 Å². The first-order valence-corrected chi connectivity index (χ1v) is 6.74. The smallest absolute Gasteiger partial charge is 0.128 e. The lowest BCUT2D eigenvalue weighted by Gasteiger charge is -2.25. The molecule has 0 saturated heterocycles. The number of ether oxygens (including phenoxy) is 1. The van der Waals surface area contributed by atoms with Crippen molar-refractivity contribution >= 4 is 0 Å². The van der Waals surface area contributed by atoms with Crippen LogP contribution >= 0.6 is 0 Å². The second-order valence-corrected chi connectivity index (χ2v) is 4.96. The van der Waals surface area contributed by atoms with Crippen molar-refractivity contribution < 1.29 is 14.2 Å². The van der Waals surface area contributed by atoms with Crippen LogP contribution in [0.4, 0.5) is 4.39 Å². The molecule has 0 radical (unpaired) electrons. The van der Waals surface area contributed by atoms with E-state index < -0.39 is 6.10 Å². The van der Waals surface area contributed by atoms with Crippen LogP contribution in [0.3, 0.4) is 0 Å². The second-order valence-electron chi connectivity index (χ2n) is 4.96. The van der Waals surface area contributed by atoms with Crippen molar-refractivity contribution in [2.24, 2.45) is 0 Å². The van der Waals surface area contributed by atoms with E-state index in [0.29, 0.717) is 18.2 Å². The van der Waals surface area contributed by atoms with Gasteiger partial charge in [-0.2, -0.15) is 0 Å². The molecule has 19 heavy (non-hydrogen) atoms. The Morgan fingerprint density at radius 3 is 2.68 bits per heavy atom. The number of aliphatic hydroxyl groups excluding tert-OH is 1. The average Bonchev–Trinajstić information content (AvgIpc) is 2.40. The fraction of sp³-hybridized carbons (Fsp3) is 0.600. The van der Waals surface area contributed by atoms with Crippen molar-refractivity contribution in [3.63, 3.8) is 0 Å². The Labute approximate surface area is 115 Å². The summed E-state index contributed by atoms with van der Waals surface area (Å²) in [7, 11) is 1.98. The van der Waals surface area contributed by atoms with Gasteiger partial charge in [-0.3, -0.25) is 0 Å². The van der Waals surface area contributed by atoms with Gasteiger partial charge in [-0.1, -0.05) is 25.1 Å². The largest absolute Gasteiger partial charge is 0.389 e. The Morgan fingerprint density at radius 2 is 2.05 bits per heavy atom. The van der Waals surface area contributed by atoms with Crippen molar-refractivity contribution in [1.82, 2.24) is 4.90 Å². The molecule has 1 rings (SSSR count). The molecular weight excluding hydrogens is 245 g/mol. The van der Waals surface area contributed by atoms with E-state index in [1.54, 1.807) is 18.2 Å². The molecule has 3 nitrogen and oxygen atoms in total. The van der Waals surface area contributed by atoms with Gasteiger partial charge in [0, 0.05) is 18.2 Å². The van der Waals surface area contributed by atoms with Crippen LogP contribution in [0.5, 0.6) is 0 Å². The topological polar surface area (TPSA) is 32.7 Å². The SMILES string of the molecule is CCC(C)N(C)CC(O)COCc1ccccc1F. The van der Waals surface area contributed by atoms with Crippen molar-refractivity contribution in [3.05, 3.63) is 35.6 Å². The number of halogens is 1. The Bertz CT molecular complexity index is 373. The van der Waals surface area contributed by atoms with E-state index in [9.17, 15) is 9.50 Å². The van der Waals surface area contributed by atoms with Gasteiger partial charge in [-0.25, -0.2) is 4.39 Å². The molecule has 0 fully saturated rings. The Balaban J connectivity index is 2.27. The molecular formula is C15H24FNO2. The van der Waals surface area contributed by atoms with Crippen LogP contribution in [0.2, 0.25) is 0 Å². The minimum Gasteiger partial charge on any atom is -0.389 e. The quantitative estimate of drug-likeness (QED) is 0.787. The molecule has 0 amide bonds. The first-order chi connectivity index (χ1) is 9.04. The summed E-state index contributed by atoms with van der Waals surface area (Å²) in [6, 6.07) is 6.95. The van der Waals surface area contributed by atoms with Crippen LogP contribution in [0, 0.1) is 5.82 Å². The number of benzene rings is 1. The molecule has 0 aromatic heterocycles. The normalized spacial score (nSPS) is 14.6. The molecule has 0 aliphatic rings. The molecule has 1 aromatic carbocycles. The van der Waals surface area contributed by atoms with Gasteiger partial charge in [-0.05, 0) is 26.5 Å². The molecule has 0 aliphatic carbocycles. The summed E-state index contributed by atoms with van der Waals surface area (Å²) in [6.45, 7) is 5.20. The molecule has 0 heterocycles. The van der Waals surface area contributed by atoms with Gasteiger partial charge in [0.1, 0.15) is 5.82 Å². The van der Waals surface area contributed by atoms with Gasteiger partial charge in [0.15, 0.2) is 0 Å². The van der Waals surface area contributed by atoms with Crippen LogP contribution in [-0.4, -0.2) is 42.4 Å². The number of nitrogens with zero attached hydrogens (tertiary/aromatic N) is 1. The van der Waals surface area contributed by atoms with Crippen LogP contribution in [0.1, 0.15) is 25.8 Å². The fourth-order valence-corrected chi connectivity index (χ4v) is 1.80. The lowest BCUT2D eigenvalue weighted by molar-refractivity contribution is 0.00774. The van der Waals surface area contributed by atoms with Gasteiger partial charge >= 0.3 is 0 Å². The lowest BCUT2D eigenvalue weighted by atomic mass is 10.2. The number of hydrogen-bond donors (Lipinski definition) is 1. The number of likely N-dealkylation sites (N-methyl/N-ethyl adjacent to an activating group) is 1. The van der Waals surface area contributed by atoms with Gasteiger partial charge in [0.25, 0.3) is 0 Å². The Kier molecular flexibility index (Phi) is 6.99. The van der Waals surface area contributed by atoms with E-state index in [1.807, 2.05) is 7.05 Å². The highest BCUT2D eigenvalue weighted by molar-refractivity contribution is 5.16. The molecule has 4 heteroatoms. The highest BCUT2D eigenvalue weighted by Crippen LogP contribution is 2.08. The lowest BCUT2D eigenvalue weighted by Crippen LogP contribution is -2.37. The molecule has 0 saturated carbocycles. The zero-order valence-electron chi connectivity index (χ0n) is 12.0. The minimum absolute atomic E-state index is 0.191. The van der Waals surface area contributed by atoms with Crippen LogP contribution in [0.15, 0.2) is 24.3 Å². The molecule has 1 aromatic rings. The van der Waals surface area contributed by atoms with Crippen molar-refractivity contribution in [2.45, 2.75) is 39.0 Å². The molecule has 1 N–H and O–H groups in total. The summed E-state index contributed by atoms with van der Waals surface area (Å²) >= 11 is 0. The first kappa shape index (κ1) is 16.1. The molecule has 108 valence electrons. The maximum atomic E-state index is 13.3. The third-order valence-corrected chi connectivity index (χ3v) is 3.37. The van der Waals surface area contributed by atoms with E-state index in [4.69, 9.17) is 4.74 Å². The zero-order valence-corrected chi connectivity index (χ0v) is 12.0. The maximum Gasteiger partial charge on any atom is 0.128 e. The van der Waals surface area contributed by atoms with E-state index in [-0.39, 0.29) is 19.0 Å². The summed E-state index contributed by atoms with van der Waals surface area (Å²) < 4.78 is 18.7. The number of rotatable bonds is 8. The van der Waals surface area contributed by atoms with Crippen LogP contribution in [0.25, 0.3) is 0 Å². The Morgan fingerprint density at radius 1 is 1.37 bits per heavy atom. The summed E-state index contributed by atoms with van der Waals surface area (Å²) in [4.78, 5) is 2.09. The van der Waals surface area contributed by atoms with Crippen LogP contribution in [-0.2, 0) is 11.3 Å². The summed E-state index contributed by atoms with van der Waals surface area (Å²) in [5.41, 5.74) is 0.519. The first-order valence-electron chi connectivity index (χ1n) is 6.74. The monoisotopic (exact) mass is 269 g/mol. The van der Waals surface area contributed by atoms with Crippen molar-refractivity contribution in [3.8, 4) is 0 Å². The summed E-state index contributed by atoms with van der Waals surface area (Å²) in [6.07, 6.45) is 0.491. The second kappa shape index (κ2) is 8.25. The molecule has 2 unspecified atom stereocenters. The fourth-order valence-electron chi connectivity index (χ4n) is 1.80. The van der Waals surface area contributed by atoms with Crippen molar-refractivity contribution in [2.75, 3.05) is 20.2 Å². The van der Waals surface area contributed by atoms with E-state index in [1.165, 1.54) is 6.07 Å². The van der Waals surface area contributed by atoms with E-state index >= 15 is 0 Å². The minimum atomic E-state index is -0.550. The maximum absolute atomic E-state index is 13.3. The van der Waals surface area contributed by atoms with Gasteiger partial charge < -0.3 is 14.7 Å². The van der Waals surface area contributed by atoms with Gasteiger partial charge in [0.2, 0.25) is 0 Å². The third-order valence-electron chi connectivity index (χ3n) is 3.37. The zero-order chi connectivity index (χ0) is 14.3. The molecule has 0 spiro atoms. The molecule has 0 aliphatic heterocycles. The Hall–Kier alpha value is -0.970. The highest BCUT2D eigenvalue weighted by atomic mass is 19.1. The standard InChI is InChI=1S/C15H24FNO2/c1-4-12(2)17(3)9-14(18)11-19-10-13-7-5-6-8-15(13)16/h5-8,12,14,18H,4,9-11H2,1-3H3. The summed E-state index contributed by atoms with van der Waals surface area (Å²) in [5, 5.41) is 9.85. The van der Waals surface area contributed by atoms with E-state index in [2.05, 4.69) is 18.7 Å². The van der Waals surface area contributed by atoms with Crippen LogP contribution < -0.4 is 0 Å². The predicted octanol–water partition coefficient (Wildman–Crippen LogP) is 2.43. The predicted molar refractivity (Wildman–Crippen MR) is 74.4 cm³/mol.